The number of nitrogens with one attached hydrogen (secondary N) is 1. The molecule has 3 aromatic rings. The van der Waals surface area contributed by atoms with E-state index in [1.807, 2.05) is 6.07 Å². The van der Waals surface area contributed by atoms with Crippen molar-refractivity contribution in [3.63, 3.8) is 0 Å². The quantitative estimate of drug-likeness (QED) is 0.329. The maximum atomic E-state index is 13.1. The third-order valence-corrected chi connectivity index (χ3v) is 6.53. The van der Waals surface area contributed by atoms with Gasteiger partial charge in [0.05, 0.1) is 0 Å². The van der Waals surface area contributed by atoms with Crippen LogP contribution in [0.1, 0.15) is 43.1 Å². The van der Waals surface area contributed by atoms with Crippen LogP contribution in [0.4, 0.5) is 9.52 Å². The van der Waals surface area contributed by atoms with Gasteiger partial charge in [-0.05, 0) is 48.2 Å². The summed E-state index contributed by atoms with van der Waals surface area (Å²) in [7, 11) is 0. The monoisotopic (exact) mass is 508 g/mol. The molecule has 2 aromatic carbocycles. The molecule has 176 valence electrons. The van der Waals surface area contributed by atoms with Crippen LogP contribution in [0.25, 0.3) is 0 Å². The van der Waals surface area contributed by atoms with Gasteiger partial charge in [0.25, 0.3) is 0 Å². The third kappa shape index (κ3) is 8.25. The molecule has 0 saturated carbocycles. The molecule has 0 saturated heterocycles. The number of benzene rings is 2. The number of unbranched alkanes of at least 4 members (excludes halogenated alkanes) is 1. The largest absolute Gasteiger partial charge is 0.356 e. The fourth-order valence-corrected chi connectivity index (χ4v) is 4.51. The maximum Gasteiger partial charge on any atom is 0.221 e. The molecule has 0 radical (unpaired) electrons. The minimum atomic E-state index is -0.258. The molecule has 0 aliphatic rings. The smallest absolute Gasteiger partial charge is 0.221 e. The Morgan fingerprint density at radius 2 is 1.94 bits per heavy atom. The molecule has 0 spiro atoms. The van der Waals surface area contributed by atoms with Crippen LogP contribution in [0.3, 0.4) is 0 Å². The molecular weight excluding hydrogens is 482 g/mol. The maximum absolute atomic E-state index is 13.1. The van der Waals surface area contributed by atoms with E-state index in [9.17, 15) is 9.18 Å². The van der Waals surface area contributed by atoms with Crippen LogP contribution in [-0.2, 0) is 17.6 Å². The van der Waals surface area contributed by atoms with Crippen molar-refractivity contribution in [2.75, 3.05) is 24.5 Å². The van der Waals surface area contributed by atoms with Crippen molar-refractivity contribution in [1.82, 2.24) is 14.7 Å². The van der Waals surface area contributed by atoms with Crippen molar-refractivity contribution in [1.29, 1.82) is 0 Å². The Balaban J connectivity index is 1.50. The van der Waals surface area contributed by atoms with E-state index < -0.39 is 0 Å². The van der Waals surface area contributed by atoms with Gasteiger partial charge in [0, 0.05) is 54.1 Å². The first-order valence-corrected chi connectivity index (χ1v) is 12.5. The van der Waals surface area contributed by atoms with Gasteiger partial charge in [-0.2, -0.15) is 4.37 Å². The average Bonchev–Trinajstić information content (AvgIpc) is 3.25. The molecule has 0 aliphatic heterocycles. The molecule has 1 N–H and O–H groups in total. The standard InChI is InChI=1S/C24H27Cl2FN4OS/c1-2-3-13-31(24-29-22(30-33-24)15-17-4-8-20(27)9-5-17)14-11-23(32)28-12-10-18-6-7-19(25)16-21(18)26/h4-9,16H,2-3,10-15H2,1H3,(H,28,32). The number of nitrogens with zero attached hydrogens (tertiary/aromatic N) is 3. The first kappa shape index (κ1) is 25.4. The van der Waals surface area contributed by atoms with Gasteiger partial charge in [-0.3, -0.25) is 4.79 Å². The van der Waals surface area contributed by atoms with E-state index in [1.165, 1.54) is 23.7 Å². The van der Waals surface area contributed by atoms with E-state index >= 15 is 0 Å². The Morgan fingerprint density at radius 3 is 2.67 bits per heavy atom. The Hall–Kier alpha value is -2.22. The van der Waals surface area contributed by atoms with Crippen LogP contribution in [-0.4, -0.2) is 34.9 Å². The van der Waals surface area contributed by atoms with Crippen LogP contribution in [0.15, 0.2) is 42.5 Å². The van der Waals surface area contributed by atoms with Gasteiger partial charge >= 0.3 is 0 Å². The molecule has 5 nitrogen and oxygen atoms in total. The number of rotatable bonds is 12. The lowest BCUT2D eigenvalue weighted by Gasteiger charge is -2.20. The van der Waals surface area contributed by atoms with Crippen LogP contribution in [0.2, 0.25) is 10.0 Å². The van der Waals surface area contributed by atoms with E-state index in [-0.39, 0.29) is 11.7 Å². The van der Waals surface area contributed by atoms with E-state index in [1.54, 1.807) is 24.3 Å². The summed E-state index contributed by atoms with van der Waals surface area (Å²) in [4.78, 5) is 19.2. The summed E-state index contributed by atoms with van der Waals surface area (Å²) in [6.07, 6.45) is 3.61. The Kier molecular flexibility index (Phi) is 9.91. The topological polar surface area (TPSA) is 58.1 Å². The first-order valence-electron chi connectivity index (χ1n) is 11.0. The number of aromatic nitrogens is 2. The Labute approximate surface area is 208 Å². The van der Waals surface area contributed by atoms with Gasteiger partial charge in [0.1, 0.15) is 11.6 Å². The van der Waals surface area contributed by atoms with Crippen molar-refractivity contribution in [3.8, 4) is 0 Å². The molecule has 1 aromatic heterocycles. The highest BCUT2D eigenvalue weighted by atomic mass is 35.5. The van der Waals surface area contributed by atoms with E-state index in [2.05, 4.69) is 26.5 Å². The second-order valence-corrected chi connectivity index (χ2v) is 9.30. The van der Waals surface area contributed by atoms with Gasteiger partial charge in [0.2, 0.25) is 11.0 Å². The first-order chi connectivity index (χ1) is 15.9. The second kappa shape index (κ2) is 12.9. The van der Waals surface area contributed by atoms with Crippen molar-refractivity contribution < 1.29 is 9.18 Å². The summed E-state index contributed by atoms with van der Waals surface area (Å²) in [6.45, 7) is 4.02. The molecule has 33 heavy (non-hydrogen) atoms. The number of amides is 1. The average molecular weight is 509 g/mol. The van der Waals surface area contributed by atoms with Crippen molar-refractivity contribution in [3.05, 3.63) is 75.3 Å². The van der Waals surface area contributed by atoms with Crippen molar-refractivity contribution in [2.45, 2.75) is 39.0 Å². The molecule has 0 aliphatic carbocycles. The highest BCUT2D eigenvalue weighted by Crippen LogP contribution is 2.22. The van der Waals surface area contributed by atoms with E-state index in [0.29, 0.717) is 48.2 Å². The highest BCUT2D eigenvalue weighted by Gasteiger charge is 2.14. The number of halogens is 3. The van der Waals surface area contributed by atoms with Crippen molar-refractivity contribution in [2.24, 2.45) is 0 Å². The Bertz CT molecular complexity index is 1050. The highest BCUT2D eigenvalue weighted by molar-refractivity contribution is 7.09. The molecule has 0 unspecified atom stereocenters. The summed E-state index contributed by atoms with van der Waals surface area (Å²) in [5.41, 5.74) is 1.91. The van der Waals surface area contributed by atoms with Gasteiger partial charge in [-0.1, -0.05) is 54.7 Å². The zero-order valence-corrected chi connectivity index (χ0v) is 20.8. The zero-order valence-electron chi connectivity index (χ0n) is 18.5. The van der Waals surface area contributed by atoms with Crippen LogP contribution in [0.5, 0.6) is 0 Å². The van der Waals surface area contributed by atoms with E-state index in [4.69, 9.17) is 23.2 Å². The molecule has 9 heteroatoms. The second-order valence-electron chi connectivity index (χ2n) is 7.72. The minimum absolute atomic E-state index is 0.0161. The van der Waals surface area contributed by atoms with Gasteiger partial charge in [-0.15, -0.1) is 0 Å². The van der Waals surface area contributed by atoms with Crippen LogP contribution < -0.4 is 10.2 Å². The number of carbonyl (C=O) groups is 1. The van der Waals surface area contributed by atoms with Gasteiger partial charge in [-0.25, -0.2) is 9.37 Å². The predicted octanol–water partition coefficient (Wildman–Crippen LogP) is 5.93. The van der Waals surface area contributed by atoms with Gasteiger partial charge < -0.3 is 10.2 Å². The molecule has 0 bridgehead atoms. The lowest BCUT2D eigenvalue weighted by molar-refractivity contribution is -0.120. The number of hydrogen-bond donors (Lipinski definition) is 1. The Morgan fingerprint density at radius 1 is 1.15 bits per heavy atom. The van der Waals surface area contributed by atoms with Crippen molar-refractivity contribution >= 4 is 45.8 Å². The van der Waals surface area contributed by atoms with Gasteiger partial charge in [0.15, 0.2) is 0 Å². The lowest BCUT2D eigenvalue weighted by Crippen LogP contribution is -2.32. The summed E-state index contributed by atoms with van der Waals surface area (Å²) in [5, 5.41) is 4.97. The predicted molar refractivity (Wildman–Crippen MR) is 134 cm³/mol. The molecule has 1 heterocycles. The normalized spacial score (nSPS) is 10.9. The lowest BCUT2D eigenvalue weighted by atomic mass is 10.1. The number of carbonyl (C=O) groups excluding carboxylic acids is 1. The molecule has 0 atom stereocenters. The number of anilines is 1. The summed E-state index contributed by atoms with van der Waals surface area (Å²) >= 11 is 13.5. The minimum Gasteiger partial charge on any atom is -0.356 e. The summed E-state index contributed by atoms with van der Waals surface area (Å²) < 4.78 is 17.6. The molecule has 0 fully saturated rings. The molecular formula is C24H27Cl2FN4OS. The van der Waals surface area contributed by atoms with Crippen LogP contribution >= 0.6 is 34.7 Å². The third-order valence-electron chi connectivity index (χ3n) is 5.13. The zero-order chi connectivity index (χ0) is 23.6. The molecule has 3 rings (SSSR count). The summed E-state index contributed by atoms with van der Waals surface area (Å²) in [6, 6.07) is 11.7. The SMILES string of the molecule is CCCCN(CCC(=O)NCCc1ccc(Cl)cc1Cl)c1nc(Cc2ccc(F)cc2)ns1. The fraction of sp³-hybridized carbons (Fsp3) is 0.375. The summed E-state index contributed by atoms with van der Waals surface area (Å²) in [5.74, 6) is 0.427. The molecule has 1 amide bonds. The van der Waals surface area contributed by atoms with E-state index in [0.717, 1.165) is 35.6 Å². The van der Waals surface area contributed by atoms with Crippen LogP contribution in [0, 0.1) is 5.82 Å². The fourth-order valence-electron chi connectivity index (χ4n) is 3.27. The number of hydrogen-bond acceptors (Lipinski definition) is 5.